The molecule has 1 saturated heterocycles. The number of nitrogens with one attached hydrogen (secondary N) is 1. The lowest BCUT2D eigenvalue weighted by Crippen LogP contribution is -2.47. The van der Waals surface area contributed by atoms with Crippen molar-refractivity contribution in [2.45, 2.75) is 0 Å². The lowest BCUT2D eigenvalue weighted by Gasteiger charge is -2.35. The molecule has 33 heavy (non-hydrogen) atoms. The molecule has 4 heterocycles. The summed E-state index contributed by atoms with van der Waals surface area (Å²) >= 11 is 1.37. The Balaban J connectivity index is 1.39. The molecule has 1 N–H and O–H groups in total. The van der Waals surface area contributed by atoms with Gasteiger partial charge in [0.15, 0.2) is 5.13 Å². The first-order chi connectivity index (χ1) is 16.1. The SMILES string of the molecule is COc1ccc2nc(Nc3ncnc(N4CCN(c5ccccn5)CC4)c3[N+](=O)[O-])sc2c1. The summed E-state index contributed by atoms with van der Waals surface area (Å²) in [7, 11) is 1.60. The van der Waals surface area contributed by atoms with Crippen molar-refractivity contribution in [1.82, 2.24) is 19.9 Å². The predicted molar refractivity (Wildman–Crippen MR) is 127 cm³/mol. The van der Waals surface area contributed by atoms with E-state index in [1.807, 2.05) is 41.3 Å². The Hall–Kier alpha value is -4.06. The number of benzene rings is 1. The second-order valence-electron chi connectivity index (χ2n) is 7.29. The number of rotatable bonds is 6. The Morgan fingerprint density at radius 3 is 2.64 bits per heavy atom. The molecule has 168 valence electrons. The van der Waals surface area contributed by atoms with Gasteiger partial charge in [-0.05, 0) is 30.3 Å². The van der Waals surface area contributed by atoms with Crippen LogP contribution >= 0.6 is 11.3 Å². The molecule has 0 aliphatic carbocycles. The van der Waals surface area contributed by atoms with Crippen LogP contribution in [-0.4, -0.2) is 58.1 Å². The Morgan fingerprint density at radius 1 is 1.09 bits per heavy atom. The van der Waals surface area contributed by atoms with E-state index >= 15 is 0 Å². The molecule has 12 heteroatoms. The first kappa shape index (κ1) is 20.8. The normalized spacial score (nSPS) is 13.8. The number of aromatic nitrogens is 4. The summed E-state index contributed by atoms with van der Waals surface area (Å²) in [5, 5.41) is 15.5. The minimum absolute atomic E-state index is 0.114. The quantitative estimate of drug-likeness (QED) is 0.335. The second kappa shape index (κ2) is 8.82. The van der Waals surface area contributed by atoms with Crippen molar-refractivity contribution in [1.29, 1.82) is 0 Å². The zero-order valence-corrected chi connectivity index (χ0v) is 18.5. The number of hydrogen-bond acceptors (Lipinski definition) is 11. The number of fused-ring (bicyclic) bond motifs is 1. The fraction of sp³-hybridized carbons (Fsp3) is 0.238. The van der Waals surface area contributed by atoms with E-state index in [1.165, 1.54) is 17.7 Å². The van der Waals surface area contributed by atoms with E-state index in [2.05, 4.69) is 30.2 Å². The number of methoxy groups -OCH3 is 1. The van der Waals surface area contributed by atoms with Gasteiger partial charge < -0.3 is 19.9 Å². The van der Waals surface area contributed by atoms with Gasteiger partial charge in [0, 0.05) is 32.4 Å². The van der Waals surface area contributed by atoms with Crippen molar-refractivity contribution in [3.05, 3.63) is 59.0 Å². The molecule has 4 aromatic rings. The van der Waals surface area contributed by atoms with E-state index < -0.39 is 4.92 Å². The average molecular weight is 465 g/mol. The van der Waals surface area contributed by atoms with Crippen LogP contribution in [0.4, 0.5) is 28.3 Å². The minimum Gasteiger partial charge on any atom is -0.497 e. The molecule has 1 aliphatic rings. The van der Waals surface area contributed by atoms with Gasteiger partial charge in [0.1, 0.15) is 17.9 Å². The van der Waals surface area contributed by atoms with Crippen molar-refractivity contribution in [2.75, 3.05) is 48.4 Å². The summed E-state index contributed by atoms with van der Waals surface area (Å²) < 4.78 is 6.16. The molecule has 0 saturated carbocycles. The zero-order valence-electron chi connectivity index (χ0n) is 17.7. The number of hydrogen-bond donors (Lipinski definition) is 1. The van der Waals surface area contributed by atoms with Gasteiger partial charge in [0.05, 0.1) is 22.2 Å². The smallest absolute Gasteiger partial charge is 0.353 e. The fourth-order valence-corrected chi connectivity index (χ4v) is 4.63. The summed E-state index contributed by atoms with van der Waals surface area (Å²) in [6.07, 6.45) is 3.10. The molecule has 0 spiro atoms. The highest BCUT2D eigenvalue weighted by Crippen LogP contribution is 2.36. The van der Waals surface area contributed by atoms with Gasteiger partial charge in [-0.1, -0.05) is 17.4 Å². The first-order valence-corrected chi connectivity index (χ1v) is 11.1. The molecular weight excluding hydrogens is 444 g/mol. The topological polar surface area (TPSA) is 122 Å². The molecule has 1 aliphatic heterocycles. The minimum atomic E-state index is -0.445. The third kappa shape index (κ3) is 4.20. The van der Waals surface area contributed by atoms with Gasteiger partial charge in [-0.2, -0.15) is 0 Å². The van der Waals surface area contributed by atoms with Crippen LogP contribution in [-0.2, 0) is 0 Å². The van der Waals surface area contributed by atoms with Gasteiger partial charge in [0.2, 0.25) is 11.6 Å². The molecule has 0 unspecified atom stereocenters. The van der Waals surface area contributed by atoms with Crippen LogP contribution in [0.1, 0.15) is 0 Å². The highest BCUT2D eigenvalue weighted by atomic mass is 32.1. The van der Waals surface area contributed by atoms with E-state index in [-0.39, 0.29) is 11.5 Å². The number of thiazole rings is 1. The lowest BCUT2D eigenvalue weighted by molar-refractivity contribution is -0.383. The highest BCUT2D eigenvalue weighted by molar-refractivity contribution is 7.22. The van der Waals surface area contributed by atoms with Crippen molar-refractivity contribution >= 4 is 49.8 Å². The Bertz CT molecular complexity index is 1290. The number of pyridine rings is 1. The molecule has 0 amide bonds. The number of nitro groups is 1. The summed E-state index contributed by atoms with van der Waals surface area (Å²) in [6.45, 7) is 2.52. The molecule has 0 bridgehead atoms. The van der Waals surface area contributed by atoms with Crippen LogP contribution in [0.3, 0.4) is 0 Å². The molecule has 11 nitrogen and oxygen atoms in total. The van der Waals surface area contributed by atoms with Gasteiger partial charge in [-0.3, -0.25) is 10.1 Å². The molecular formula is C21H20N8O3S. The van der Waals surface area contributed by atoms with Gasteiger partial charge in [-0.15, -0.1) is 0 Å². The van der Waals surface area contributed by atoms with Crippen molar-refractivity contribution in [3.8, 4) is 5.75 Å². The number of nitrogens with zero attached hydrogens (tertiary/aromatic N) is 7. The van der Waals surface area contributed by atoms with Crippen LogP contribution in [0.2, 0.25) is 0 Å². The van der Waals surface area contributed by atoms with E-state index in [0.29, 0.717) is 37.1 Å². The molecule has 5 rings (SSSR count). The van der Waals surface area contributed by atoms with E-state index in [4.69, 9.17) is 4.74 Å². The van der Waals surface area contributed by atoms with E-state index in [0.717, 1.165) is 21.8 Å². The third-order valence-electron chi connectivity index (χ3n) is 5.36. The maximum Gasteiger partial charge on any atom is 0.353 e. The Labute approximate surface area is 192 Å². The maximum atomic E-state index is 12.0. The summed E-state index contributed by atoms with van der Waals surface area (Å²) in [4.78, 5) is 32.9. The van der Waals surface area contributed by atoms with Crippen LogP contribution in [0.15, 0.2) is 48.9 Å². The van der Waals surface area contributed by atoms with Gasteiger partial charge in [0.25, 0.3) is 0 Å². The number of ether oxygens (including phenoxy) is 1. The van der Waals surface area contributed by atoms with Crippen molar-refractivity contribution in [2.24, 2.45) is 0 Å². The predicted octanol–water partition coefficient (Wildman–Crippen LogP) is 3.47. The van der Waals surface area contributed by atoms with Gasteiger partial charge in [-0.25, -0.2) is 19.9 Å². The average Bonchev–Trinajstić information content (AvgIpc) is 3.25. The monoisotopic (exact) mass is 464 g/mol. The molecule has 1 fully saturated rings. The largest absolute Gasteiger partial charge is 0.497 e. The van der Waals surface area contributed by atoms with Gasteiger partial charge >= 0.3 is 5.69 Å². The standard InChI is InChI=1S/C21H20N8O3S/c1-32-14-5-6-15-16(12-14)33-21(25-15)26-19-18(29(30)31)20(24-13-23-19)28-10-8-27(9-11-28)17-4-2-3-7-22-17/h2-7,12-13H,8-11H2,1H3,(H,23,24,25,26). The molecule has 0 radical (unpaired) electrons. The van der Waals surface area contributed by atoms with Crippen molar-refractivity contribution < 1.29 is 9.66 Å². The highest BCUT2D eigenvalue weighted by Gasteiger charge is 2.30. The van der Waals surface area contributed by atoms with E-state index in [9.17, 15) is 10.1 Å². The molecule has 0 atom stereocenters. The molecule has 3 aromatic heterocycles. The lowest BCUT2D eigenvalue weighted by atomic mass is 10.3. The first-order valence-electron chi connectivity index (χ1n) is 10.2. The number of piperazine rings is 1. The zero-order chi connectivity index (χ0) is 22.8. The van der Waals surface area contributed by atoms with Crippen molar-refractivity contribution in [3.63, 3.8) is 0 Å². The Kier molecular flexibility index (Phi) is 5.57. The summed E-state index contributed by atoms with van der Waals surface area (Å²) in [5.74, 6) is 2.02. The van der Waals surface area contributed by atoms with Crippen LogP contribution in [0.25, 0.3) is 10.2 Å². The number of anilines is 4. The summed E-state index contributed by atoms with van der Waals surface area (Å²) in [6, 6.07) is 11.3. The third-order valence-corrected chi connectivity index (χ3v) is 6.29. The van der Waals surface area contributed by atoms with E-state index in [1.54, 1.807) is 13.3 Å². The summed E-state index contributed by atoms with van der Waals surface area (Å²) in [5.41, 5.74) is 0.603. The van der Waals surface area contributed by atoms with Crippen LogP contribution in [0, 0.1) is 10.1 Å². The maximum absolute atomic E-state index is 12.0. The van der Waals surface area contributed by atoms with Crippen LogP contribution in [0.5, 0.6) is 5.75 Å². The molecule has 1 aromatic carbocycles. The second-order valence-corrected chi connectivity index (χ2v) is 8.32. The van der Waals surface area contributed by atoms with Crippen LogP contribution < -0.4 is 19.9 Å². The fourth-order valence-electron chi connectivity index (χ4n) is 3.74. The Morgan fingerprint density at radius 2 is 1.91 bits per heavy atom.